The normalized spacial score (nSPS) is 18.0. The van der Waals surface area contributed by atoms with Gasteiger partial charge in [-0.3, -0.25) is 0 Å². The molecule has 0 rings (SSSR count). The molecule has 0 heterocycles. The van der Waals surface area contributed by atoms with E-state index < -0.39 is 23.5 Å². The Morgan fingerprint density at radius 3 is 2.13 bits per heavy atom. The third-order valence-electron chi connectivity index (χ3n) is 2.54. The van der Waals surface area contributed by atoms with Crippen molar-refractivity contribution in [2.24, 2.45) is 5.92 Å². The second-order valence-corrected chi connectivity index (χ2v) is 3.68. The topological polar surface area (TPSA) is 94.8 Å². The molecule has 5 heteroatoms. The van der Waals surface area contributed by atoms with Gasteiger partial charge in [-0.1, -0.05) is 13.0 Å². The fourth-order valence-electron chi connectivity index (χ4n) is 1.07. The molecule has 15 heavy (non-hydrogen) atoms. The lowest BCUT2D eigenvalue weighted by molar-refractivity contribution is -0.162. The van der Waals surface area contributed by atoms with Crippen LogP contribution < -0.4 is 0 Å². The van der Waals surface area contributed by atoms with Crippen LogP contribution in [0.15, 0.2) is 11.6 Å². The summed E-state index contributed by atoms with van der Waals surface area (Å²) in [7, 11) is 0. The average Bonchev–Trinajstić information content (AvgIpc) is 2.12. The molecule has 0 aromatic rings. The molecule has 0 amide bonds. The number of rotatable bonds is 5. The Labute approximate surface area is 88.0 Å². The zero-order chi connectivity index (χ0) is 12.2. The molecule has 0 fully saturated rings. The molecule has 0 aliphatic carbocycles. The molecule has 0 bridgehead atoms. The molecule has 0 aromatic carbocycles. The second kappa shape index (κ2) is 4.93. The van der Waals surface area contributed by atoms with Crippen LogP contribution >= 0.6 is 0 Å². The van der Waals surface area contributed by atoms with Gasteiger partial charge in [-0.2, -0.15) is 0 Å². The van der Waals surface area contributed by atoms with E-state index in [9.17, 15) is 14.7 Å². The molecule has 0 unspecified atom stereocenters. The van der Waals surface area contributed by atoms with Crippen LogP contribution in [0.3, 0.4) is 0 Å². The summed E-state index contributed by atoms with van der Waals surface area (Å²) in [5, 5.41) is 27.0. The molecule has 0 saturated heterocycles. The van der Waals surface area contributed by atoms with Crippen molar-refractivity contribution in [2.75, 3.05) is 0 Å². The first-order valence-corrected chi connectivity index (χ1v) is 4.57. The highest BCUT2D eigenvalue weighted by Gasteiger charge is 2.37. The lowest BCUT2D eigenvalue weighted by Gasteiger charge is -2.25. The van der Waals surface area contributed by atoms with E-state index >= 15 is 0 Å². The van der Waals surface area contributed by atoms with Crippen LogP contribution in [-0.4, -0.2) is 32.9 Å². The summed E-state index contributed by atoms with van der Waals surface area (Å²) in [6.07, 6.45) is 1.42. The maximum absolute atomic E-state index is 10.7. The van der Waals surface area contributed by atoms with E-state index in [0.717, 1.165) is 6.92 Å². The van der Waals surface area contributed by atoms with Crippen molar-refractivity contribution in [1.29, 1.82) is 0 Å². The van der Waals surface area contributed by atoms with Crippen molar-refractivity contribution in [3.05, 3.63) is 11.6 Å². The molecule has 0 radical (unpaired) electrons. The number of hydrogen-bond acceptors (Lipinski definition) is 3. The van der Waals surface area contributed by atoms with Gasteiger partial charge in [0.1, 0.15) is 0 Å². The average molecular weight is 216 g/mol. The zero-order valence-corrected chi connectivity index (χ0v) is 9.02. The van der Waals surface area contributed by atoms with Crippen LogP contribution in [0.2, 0.25) is 0 Å². The summed E-state index contributed by atoms with van der Waals surface area (Å²) in [6, 6.07) is 0. The van der Waals surface area contributed by atoms with Gasteiger partial charge in [0.2, 0.25) is 0 Å². The van der Waals surface area contributed by atoms with Crippen LogP contribution in [0, 0.1) is 5.92 Å². The SMILES string of the molecule is C/C=C(\C[C@@H](C)[C@@](C)(O)C(=O)O)C(=O)O. The zero-order valence-electron chi connectivity index (χ0n) is 9.02. The van der Waals surface area contributed by atoms with Gasteiger partial charge in [0.25, 0.3) is 0 Å². The fraction of sp³-hybridized carbons (Fsp3) is 0.600. The third kappa shape index (κ3) is 3.36. The van der Waals surface area contributed by atoms with Crippen LogP contribution in [0.25, 0.3) is 0 Å². The van der Waals surface area contributed by atoms with Crippen LogP contribution in [0.5, 0.6) is 0 Å². The first-order chi connectivity index (χ1) is 6.73. The minimum absolute atomic E-state index is 0.0190. The second-order valence-electron chi connectivity index (χ2n) is 3.68. The van der Waals surface area contributed by atoms with Gasteiger partial charge in [-0.25, -0.2) is 9.59 Å². The number of aliphatic hydroxyl groups is 1. The van der Waals surface area contributed by atoms with Crippen molar-refractivity contribution in [3.63, 3.8) is 0 Å². The largest absolute Gasteiger partial charge is 0.479 e. The summed E-state index contributed by atoms with van der Waals surface area (Å²) in [6.45, 7) is 4.22. The van der Waals surface area contributed by atoms with E-state index in [0.29, 0.717) is 0 Å². The summed E-state index contributed by atoms with van der Waals surface area (Å²) in [5.41, 5.74) is -1.81. The number of carbonyl (C=O) groups is 2. The predicted molar refractivity (Wildman–Crippen MR) is 53.4 cm³/mol. The van der Waals surface area contributed by atoms with E-state index in [1.54, 1.807) is 6.92 Å². The number of aliphatic carboxylic acids is 2. The Hall–Kier alpha value is -1.36. The molecule has 0 aromatic heterocycles. The molecule has 86 valence electrons. The van der Waals surface area contributed by atoms with Crippen LogP contribution in [-0.2, 0) is 9.59 Å². The standard InChI is InChI=1S/C10H16O5/c1-4-7(8(11)12)5-6(2)10(3,15)9(13)14/h4,6,15H,5H2,1-3H3,(H,11,12)(H,13,14)/b7-4+/t6-,10-/m1/s1. The highest BCUT2D eigenvalue weighted by atomic mass is 16.4. The van der Waals surface area contributed by atoms with Gasteiger partial charge in [0, 0.05) is 5.57 Å². The quantitative estimate of drug-likeness (QED) is 0.593. The maximum atomic E-state index is 10.7. The van der Waals surface area contributed by atoms with Gasteiger partial charge >= 0.3 is 11.9 Å². The van der Waals surface area contributed by atoms with E-state index in [1.165, 1.54) is 13.0 Å². The van der Waals surface area contributed by atoms with Crippen molar-refractivity contribution in [2.45, 2.75) is 32.8 Å². The van der Waals surface area contributed by atoms with Gasteiger partial charge in [-0.05, 0) is 26.2 Å². The molecular weight excluding hydrogens is 200 g/mol. The highest BCUT2D eigenvalue weighted by Crippen LogP contribution is 2.24. The fourth-order valence-corrected chi connectivity index (χ4v) is 1.07. The Kier molecular flexibility index (Phi) is 4.48. The lowest BCUT2D eigenvalue weighted by Crippen LogP contribution is -2.42. The highest BCUT2D eigenvalue weighted by molar-refractivity contribution is 5.86. The Morgan fingerprint density at radius 2 is 1.87 bits per heavy atom. The van der Waals surface area contributed by atoms with E-state index in [4.69, 9.17) is 10.2 Å². The Morgan fingerprint density at radius 1 is 1.40 bits per heavy atom. The molecule has 0 saturated carbocycles. The van der Waals surface area contributed by atoms with Crippen LogP contribution in [0.4, 0.5) is 0 Å². The first-order valence-electron chi connectivity index (χ1n) is 4.57. The lowest BCUT2D eigenvalue weighted by atomic mass is 9.85. The van der Waals surface area contributed by atoms with Crippen molar-refractivity contribution >= 4 is 11.9 Å². The van der Waals surface area contributed by atoms with Gasteiger partial charge in [-0.15, -0.1) is 0 Å². The van der Waals surface area contributed by atoms with Crippen molar-refractivity contribution in [3.8, 4) is 0 Å². The first kappa shape index (κ1) is 13.6. The molecule has 0 aliphatic heterocycles. The van der Waals surface area contributed by atoms with E-state index in [1.807, 2.05) is 0 Å². The van der Waals surface area contributed by atoms with Crippen LogP contribution in [0.1, 0.15) is 27.2 Å². The Balaban J connectivity index is 4.69. The molecule has 5 nitrogen and oxygen atoms in total. The number of carboxylic acids is 2. The third-order valence-corrected chi connectivity index (χ3v) is 2.54. The summed E-state index contributed by atoms with van der Waals surface area (Å²) >= 11 is 0. The minimum Gasteiger partial charge on any atom is -0.479 e. The van der Waals surface area contributed by atoms with Crippen molar-refractivity contribution < 1.29 is 24.9 Å². The maximum Gasteiger partial charge on any atom is 0.335 e. The molecular formula is C10H16O5. The van der Waals surface area contributed by atoms with Crippen molar-refractivity contribution in [1.82, 2.24) is 0 Å². The summed E-state index contributed by atoms with van der Waals surface area (Å²) in [5.74, 6) is -3.11. The van der Waals surface area contributed by atoms with E-state index in [-0.39, 0.29) is 12.0 Å². The number of hydrogen-bond donors (Lipinski definition) is 3. The minimum atomic E-state index is -1.91. The Bertz CT molecular complexity index is 290. The molecule has 3 N–H and O–H groups in total. The van der Waals surface area contributed by atoms with Gasteiger partial charge in [0.05, 0.1) is 0 Å². The molecule has 2 atom stereocenters. The monoisotopic (exact) mass is 216 g/mol. The predicted octanol–water partition coefficient (Wildman–Crippen LogP) is 0.879. The van der Waals surface area contributed by atoms with Gasteiger partial charge < -0.3 is 15.3 Å². The number of carboxylic acid groups (broad SMARTS) is 2. The number of allylic oxidation sites excluding steroid dienone is 1. The summed E-state index contributed by atoms with van der Waals surface area (Å²) < 4.78 is 0. The van der Waals surface area contributed by atoms with E-state index in [2.05, 4.69) is 0 Å². The molecule has 0 spiro atoms. The summed E-state index contributed by atoms with van der Waals surface area (Å²) in [4.78, 5) is 21.4. The smallest absolute Gasteiger partial charge is 0.335 e. The molecule has 0 aliphatic rings. The van der Waals surface area contributed by atoms with Gasteiger partial charge in [0.15, 0.2) is 5.60 Å².